The van der Waals surface area contributed by atoms with Crippen LogP contribution in [0.1, 0.15) is 56.5 Å². The second kappa shape index (κ2) is 9.28. The zero-order valence-corrected chi connectivity index (χ0v) is 23.4. The van der Waals surface area contributed by atoms with Crippen molar-refractivity contribution in [1.29, 1.82) is 0 Å². The van der Waals surface area contributed by atoms with Crippen LogP contribution in [-0.4, -0.2) is 46.6 Å². The second-order valence-corrected chi connectivity index (χ2v) is 14.5. The van der Waals surface area contributed by atoms with Crippen molar-refractivity contribution in [2.45, 2.75) is 74.4 Å². The molecule has 1 aromatic carbocycles. The molecule has 9 nitrogen and oxygen atoms in total. The highest BCUT2D eigenvalue weighted by Gasteiger charge is 2.46. The SMILES string of the molecule is CC[C@@H]1C[C@H](NS(=O)(=O)C2CC2)C[C@@H]1n1c(C(F)(F)F)nc2cnc3c(ccn3S(=O)(=O)c3ccc(C)cc3)c21. The molecule has 14 heteroatoms. The standard InChI is InChI=1S/C26H28F3N5O4S2/c1-3-16-12-17(32-39(35,36)18-8-9-18)13-22(16)34-23-20-10-11-33(40(37,38)19-6-4-15(2)5-7-19)24(20)30-14-21(23)31-25(34)26(27,28)29/h4-7,10-11,14,16-18,22,32H,3,8-9,12-13H2,1-2H3/t16-,17+,22+/m1/s1. The maximum Gasteiger partial charge on any atom is 0.449 e. The number of rotatable bonds is 7. The van der Waals surface area contributed by atoms with Gasteiger partial charge in [-0.15, -0.1) is 0 Å². The molecule has 3 aromatic heterocycles. The Balaban J connectivity index is 1.51. The first-order chi connectivity index (χ1) is 18.8. The van der Waals surface area contributed by atoms with Crippen LogP contribution in [0.3, 0.4) is 0 Å². The summed E-state index contributed by atoms with van der Waals surface area (Å²) in [6.45, 7) is 3.69. The third-order valence-corrected chi connectivity index (χ3v) is 11.7. The van der Waals surface area contributed by atoms with Gasteiger partial charge in [0.2, 0.25) is 15.8 Å². The average molecular weight is 596 g/mol. The minimum absolute atomic E-state index is 0.0119. The van der Waals surface area contributed by atoms with Crippen LogP contribution >= 0.6 is 0 Å². The van der Waals surface area contributed by atoms with Gasteiger partial charge in [0.15, 0.2) is 5.65 Å². The first-order valence-corrected chi connectivity index (χ1v) is 16.1. The summed E-state index contributed by atoms with van der Waals surface area (Å²) in [6, 6.07) is 6.48. The second-order valence-electron chi connectivity index (χ2n) is 10.7. The van der Waals surface area contributed by atoms with Gasteiger partial charge in [0.25, 0.3) is 10.0 Å². The number of benzene rings is 1. The van der Waals surface area contributed by atoms with Crippen molar-refractivity contribution in [2.75, 3.05) is 0 Å². The van der Waals surface area contributed by atoms with E-state index in [9.17, 15) is 30.0 Å². The van der Waals surface area contributed by atoms with Crippen LogP contribution < -0.4 is 4.72 Å². The molecule has 0 saturated heterocycles. The number of fused-ring (bicyclic) bond motifs is 3. The molecule has 0 bridgehead atoms. The highest BCUT2D eigenvalue weighted by Crippen LogP contribution is 2.45. The van der Waals surface area contributed by atoms with Gasteiger partial charge in [-0.1, -0.05) is 31.0 Å². The summed E-state index contributed by atoms with van der Waals surface area (Å²) in [4.78, 5) is 8.15. The van der Waals surface area contributed by atoms with Crippen molar-refractivity contribution in [3.05, 3.63) is 54.1 Å². The monoisotopic (exact) mass is 595 g/mol. The molecule has 2 aliphatic rings. The Kier molecular flexibility index (Phi) is 6.31. The first-order valence-electron chi connectivity index (χ1n) is 13.1. The molecule has 4 aromatic rings. The minimum atomic E-state index is -4.80. The van der Waals surface area contributed by atoms with Gasteiger partial charge in [-0.3, -0.25) is 0 Å². The molecular weight excluding hydrogens is 567 g/mol. The zero-order valence-electron chi connectivity index (χ0n) is 21.8. The summed E-state index contributed by atoms with van der Waals surface area (Å²) in [5.74, 6) is -1.37. The predicted molar refractivity (Wildman–Crippen MR) is 143 cm³/mol. The normalized spacial score (nSPS) is 22.5. The smallest absolute Gasteiger partial charge is 0.316 e. The van der Waals surface area contributed by atoms with Crippen LogP contribution in [-0.2, 0) is 26.2 Å². The zero-order chi connectivity index (χ0) is 28.6. The van der Waals surface area contributed by atoms with Crippen LogP contribution in [0.5, 0.6) is 0 Å². The van der Waals surface area contributed by atoms with Crippen molar-refractivity contribution in [3.63, 3.8) is 0 Å². The highest BCUT2D eigenvalue weighted by atomic mass is 32.2. The fourth-order valence-corrected chi connectivity index (χ4v) is 8.76. The van der Waals surface area contributed by atoms with E-state index in [-0.39, 0.29) is 39.3 Å². The number of alkyl halides is 3. The van der Waals surface area contributed by atoms with Crippen LogP contribution in [0.4, 0.5) is 13.2 Å². The van der Waals surface area contributed by atoms with E-state index in [1.165, 1.54) is 24.4 Å². The lowest BCUT2D eigenvalue weighted by Crippen LogP contribution is -2.35. The predicted octanol–water partition coefficient (Wildman–Crippen LogP) is 4.76. The average Bonchev–Trinajstić information content (AvgIpc) is 3.37. The maximum atomic E-state index is 14.4. The van der Waals surface area contributed by atoms with Gasteiger partial charge < -0.3 is 4.57 Å². The number of nitrogens with one attached hydrogen (secondary N) is 1. The molecule has 3 heterocycles. The Hall–Kier alpha value is -2.97. The Morgan fingerprint density at radius 2 is 1.75 bits per heavy atom. The van der Waals surface area contributed by atoms with Crippen molar-refractivity contribution in [1.82, 2.24) is 23.2 Å². The third kappa shape index (κ3) is 4.49. The number of hydrogen-bond donors (Lipinski definition) is 1. The molecule has 2 aliphatic carbocycles. The largest absolute Gasteiger partial charge is 0.449 e. The molecule has 0 aliphatic heterocycles. The molecule has 214 valence electrons. The van der Waals surface area contributed by atoms with E-state index < -0.39 is 49.4 Å². The molecule has 0 amide bonds. The molecule has 40 heavy (non-hydrogen) atoms. The number of aryl methyl sites for hydroxylation is 1. The van der Waals surface area contributed by atoms with Crippen molar-refractivity contribution in [2.24, 2.45) is 5.92 Å². The van der Waals surface area contributed by atoms with E-state index in [1.807, 2.05) is 13.8 Å². The molecule has 0 radical (unpaired) electrons. The number of hydrogen-bond acceptors (Lipinski definition) is 6. The molecule has 6 rings (SSSR count). The van der Waals surface area contributed by atoms with E-state index in [2.05, 4.69) is 14.7 Å². The molecule has 1 N–H and O–H groups in total. The molecule has 3 atom stereocenters. The summed E-state index contributed by atoms with van der Waals surface area (Å²) in [5, 5.41) is -0.222. The number of pyridine rings is 1. The van der Waals surface area contributed by atoms with Gasteiger partial charge in [-0.05, 0) is 56.7 Å². The molecule has 0 spiro atoms. The lowest BCUT2D eigenvalue weighted by Gasteiger charge is -2.23. The van der Waals surface area contributed by atoms with E-state index in [0.717, 1.165) is 20.3 Å². The Labute approximate surface area is 229 Å². The van der Waals surface area contributed by atoms with Crippen LogP contribution in [0, 0.1) is 12.8 Å². The topological polar surface area (TPSA) is 116 Å². The first kappa shape index (κ1) is 27.2. The Bertz CT molecular complexity index is 1830. The van der Waals surface area contributed by atoms with Gasteiger partial charge in [0, 0.05) is 23.7 Å². The van der Waals surface area contributed by atoms with Gasteiger partial charge in [-0.2, -0.15) is 13.2 Å². The minimum Gasteiger partial charge on any atom is -0.316 e. The lowest BCUT2D eigenvalue weighted by molar-refractivity contribution is -0.147. The van der Waals surface area contributed by atoms with Crippen molar-refractivity contribution >= 4 is 42.1 Å². The van der Waals surface area contributed by atoms with Crippen LogP contribution in [0.2, 0.25) is 0 Å². The summed E-state index contributed by atoms with van der Waals surface area (Å²) >= 11 is 0. The maximum absolute atomic E-state index is 14.4. The summed E-state index contributed by atoms with van der Waals surface area (Å²) in [6.07, 6.45) is -0.108. The van der Waals surface area contributed by atoms with Crippen LogP contribution in [0.25, 0.3) is 22.1 Å². The Morgan fingerprint density at radius 3 is 2.38 bits per heavy atom. The highest BCUT2D eigenvalue weighted by molar-refractivity contribution is 7.90. The Morgan fingerprint density at radius 1 is 1.05 bits per heavy atom. The van der Waals surface area contributed by atoms with Crippen molar-refractivity contribution < 1.29 is 30.0 Å². The molecule has 0 unspecified atom stereocenters. The molecular formula is C26H28F3N5O4S2. The van der Waals surface area contributed by atoms with E-state index in [4.69, 9.17) is 0 Å². The summed E-state index contributed by atoms with van der Waals surface area (Å²) < 4.78 is 100. The van der Waals surface area contributed by atoms with Gasteiger partial charge >= 0.3 is 6.18 Å². The van der Waals surface area contributed by atoms with E-state index >= 15 is 0 Å². The van der Waals surface area contributed by atoms with Crippen molar-refractivity contribution in [3.8, 4) is 0 Å². The molecule has 2 fully saturated rings. The lowest BCUT2D eigenvalue weighted by atomic mass is 10.00. The number of sulfonamides is 1. The van der Waals surface area contributed by atoms with Gasteiger partial charge in [-0.25, -0.2) is 35.5 Å². The van der Waals surface area contributed by atoms with E-state index in [1.54, 1.807) is 12.1 Å². The third-order valence-electron chi connectivity index (χ3n) is 7.97. The summed E-state index contributed by atoms with van der Waals surface area (Å²) in [7, 11) is -7.61. The number of imidazole rings is 1. The van der Waals surface area contributed by atoms with Crippen LogP contribution in [0.15, 0.2) is 47.6 Å². The fourth-order valence-electron chi connectivity index (χ4n) is 5.85. The number of aromatic nitrogens is 4. The quantitative estimate of drug-likeness (QED) is 0.329. The molecule has 2 saturated carbocycles. The number of nitrogens with zero attached hydrogens (tertiary/aromatic N) is 4. The van der Waals surface area contributed by atoms with E-state index in [0.29, 0.717) is 25.7 Å². The fraction of sp³-hybridized carbons (Fsp3) is 0.462. The van der Waals surface area contributed by atoms with Gasteiger partial charge in [0.05, 0.1) is 21.9 Å². The number of halogens is 3. The van der Waals surface area contributed by atoms with Gasteiger partial charge in [0.1, 0.15) is 5.52 Å². The summed E-state index contributed by atoms with van der Waals surface area (Å²) in [5.41, 5.74) is 0.978.